The molecule has 0 N–H and O–H groups in total. The second kappa shape index (κ2) is 5.48. The van der Waals surface area contributed by atoms with E-state index in [-0.39, 0.29) is 11.9 Å². The highest BCUT2D eigenvalue weighted by Crippen LogP contribution is 2.21. The number of amides is 1. The lowest BCUT2D eigenvalue weighted by atomic mass is 10.1. The molecule has 3 heteroatoms. The normalized spacial score (nSPS) is 12.3. The second-order valence-electron chi connectivity index (χ2n) is 4.09. The summed E-state index contributed by atoms with van der Waals surface area (Å²) >= 11 is 3.45. The van der Waals surface area contributed by atoms with Crippen molar-refractivity contribution in [2.24, 2.45) is 0 Å². The van der Waals surface area contributed by atoms with Crippen LogP contribution in [0.3, 0.4) is 0 Å². The van der Waals surface area contributed by atoms with E-state index in [1.165, 1.54) is 0 Å². The van der Waals surface area contributed by atoms with Gasteiger partial charge in [0.05, 0.1) is 0 Å². The number of nitrogens with zero attached hydrogens (tertiary/aromatic N) is 1. The molecule has 1 rings (SSSR count). The van der Waals surface area contributed by atoms with Gasteiger partial charge in [-0.15, -0.1) is 0 Å². The van der Waals surface area contributed by atoms with Gasteiger partial charge in [0.15, 0.2) is 0 Å². The summed E-state index contributed by atoms with van der Waals surface area (Å²) in [6, 6.07) is 6.00. The van der Waals surface area contributed by atoms with Crippen molar-refractivity contribution < 1.29 is 4.79 Å². The first-order chi connectivity index (χ1) is 7.49. The van der Waals surface area contributed by atoms with E-state index in [9.17, 15) is 4.79 Å². The number of hydrogen-bond donors (Lipinski definition) is 0. The van der Waals surface area contributed by atoms with Gasteiger partial charge in [0.25, 0.3) is 5.91 Å². The van der Waals surface area contributed by atoms with Crippen LogP contribution in [0.2, 0.25) is 0 Å². The topological polar surface area (TPSA) is 20.3 Å². The SMILES string of the molecule is CCC(C)N(C)C(=O)c1cccc(Br)c1C. The van der Waals surface area contributed by atoms with E-state index in [1.54, 1.807) is 4.90 Å². The van der Waals surface area contributed by atoms with Crippen LogP contribution in [0.25, 0.3) is 0 Å². The number of rotatable bonds is 3. The number of benzene rings is 1. The Morgan fingerprint density at radius 1 is 1.50 bits per heavy atom. The Morgan fingerprint density at radius 2 is 2.12 bits per heavy atom. The Labute approximate surface area is 106 Å². The Hall–Kier alpha value is -0.830. The van der Waals surface area contributed by atoms with Crippen molar-refractivity contribution in [3.05, 3.63) is 33.8 Å². The van der Waals surface area contributed by atoms with E-state index >= 15 is 0 Å². The molecule has 0 bridgehead atoms. The fourth-order valence-corrected chi connectivity index (χ4v) is 1.87. The van der Waals surface area contributed by atoms with Gasteiger partial charge in [-0.05, 0) is 38.0 Å². The summed E-state index contributed by atoms with van der Waals surface area (Å²) in [4.78, 5) is 14.0. The molecule has 0 aliphatic heterocycles. The average Bonchev–Trinajstić information content (AvgIpc) is 2.29. The lowest BCUT2D eigenvalue weighted by molar-refractivity contribution is 0.0740. The van der Waals surface area contributed by atoms with E-state index in [2.05, 4.69) is 29.8 Å². The average molecular weight is 284 g/mol. The molecule has 1 aromatic rings. The largest absolute Gasteiger partial charge is 0.339 e. The molecule has 88 valence electrons. The molecule has 2 nitrogen and oxygen atoms in total. The minimum atomic E-state index is 0.0909. The Morgan fingerprint density at radius 3 is 2.69 bits per heavy atom. The highest BCUT2D eigenvalue weighted by Gasteiger charge is 2.18. The molecule has 1 unspecified atom stereocenters. The summed E-state index contributed by atoms with van der Waals surface area (Å²) in [5, 5.41) is 0. The third-order valence-corrected chi connectivity index (χ3v) is 3.93. The summed E-state index contributed by atoms with van der Waals surface area (Å²) in [5.41, 5.74) is 1.78. The third kappa shape index (κ3) is 2.64. The Kier molecular flexibility index (Phi) is 4.54. The van der Waals surface area contributed by atoms with E-state index in [4.69, 9.17) is 0 Å². The van der Waals surface area contributed by atoms with Gasteiger partial charge in [-0.25, -0.2) is 0 Å². The van der Waals surface area contributed by atoms with Crippen LogP contribution in [0.1, 0.15) is 36.2 Å². The lowest BCUT2D eigenvalue weighted by Gasteiger charge is -2.24. The summed E-state index contributed by atoms with van der Waals surface area (Å²) in [5.74, 6) is 0.0909. The number of carbonyl (C=O) groups is 1. The van der Waals surface area contributed by atoms with E-state index in [0.717, 1.165) is 22.0 Å². The van der Waals surface area contributed by atoms with Gasteiger partial charge in [0, 0.05) is 23.1 Å². The van der Waals surface area contributed by atoms with Crippen molar-refractivity contribution in [1.82, 2.24) is 4.90 Å². The molecule has 1 atom stereocenters. The first kappa shape index (κ1) is 13.2. The molecule has 0 radical (unpaired) electrons. The minimum absolute atomic E-state index is 0.0909. The highest BCUT2D eigenvalue weighted by atomic mass is 79.9. The quantitative estimate of drug-likeness (QED) is 0.830. The van der Waals surface area contributed by atoms with Gasteiger partial charge < -0.3 is 4.90 Å². The van der Waals surface area contributed by atoms with Gasteiger partial charge in [0.2, 0.25) is 0 Å². The van der Waals surface area contributed by atoms with Crippen molar-refractivity contribution in [2.75, 3.05) is 7.05 Å². The molecule has 0 fully saturated rings. The predicted molar refractivity (Wildman–Crippen MR) is 70.7 cm³/mol. The molecule has 0 heterocycles. The third-order valence-electron chi connectivity index (χ3n) is 3.07. The van der Waals surface area contributed by atoms with Crippen LogP contribution in [0.5, 0.6) is 0 Å². The van der Waals surface area contributed by atoms with Crippen molar-refractivity contribution in [1.29, 1.82) is 0 Å². The first-order valence-electron chi connectivity index (χ1n) is 5.51. The minimum Gasteiger partial charge on any atom is -0.339 e. The molecule has 0 saturated heterocycles. The van der Waals surface area contributed by atoms with Crippen LogP contribution in [0, 0.1) is 6.92 Å². The van der Waals surface area contributed by atoms with Crippen LogP contribution in [0.4, 0.5) is 0 Å². The Bertz CT molecular complexity index is 390. The molecule has 1 amide bonds. The molecule has 16 heavy (non-hydrogen) atoms. The van der Waals surface area contributed by atoms with E-state index < -0.39 is 0 Å². The maximum absolute atomic E-state index is 12.2. The summed E-state index contributed by atoms with van der Waals surface area (Å²) < 4.78 is 0.982. The zero-order valence-corrected chi connectivity index (χ0v) is 11.8. The number of carbonyl (C=O) groups excluding carboxylic acids is 1. The van der Waals surface area contributed by atoms with E-state index in [0.29, 0.717) is 0 Å². The first-order valence-corrected chi connectivity index (χ1v) is 6.30. The van der Waals surface area contributed by atoms with Crippen LogP contribution >= 0.6 is 15.9 Å². The van der Waals surface area contributed by atoms with Crippen LogP contribution in [-0.2, 0) is 0 Å². The molecular weight excluding hydrogens is 266 g/mol. The summed E-state index contributed by atoms with van der Waals surface area (Å²) in [7, 11) is 1.86. The van der Waals surface area contributed by atoms with Crippen molar-refractivity contribution >= 4 is 21.8 Å². The number of hydrogen-bond acceptors (Lipinski definition) is 1. The lowest BCUT2D eigenvalue weighted by Crippen LogP contribution is -2.35. The fraction of sp³-hybridized carbons (Fsp3) is 0.462. The summed E-state index contributed by atoms with van der Waals surface area (Å²) in [6.45, 7) is 6.11. The highest BCUT2D eigenvalue weighted by molar-refractivity contribution is 9.10. The standard InChI is InChI=1S/C13H18BrNO/c1-5-9(2)15(4)13(16)11-7-6-8-12(14)10(11)3/h6-9H,5H2,1-4H3. The molecular formula is C13H18BrNO. The van der Waals surface area contributed by atoms with Crippen molar-refractivity contribution in [2.45, 2.75) is 33.2 Å². The monoisotopic (exact) mass is 283 g/mol. The molecule has 0 spiro atoms. The van der Waals surface area contributed by atoms with Crippen LogP contribution < -0.4 is 0 Å². The van der Waals surface area contributed by atoms with E-state index in [1.807, 2.05) is 32.2 Å². The van der Waals surface area contributed by atoms with Crippen LogP contribution in [-0.4, -0.2) is 23.9 Å². The van der Waals surface area contributed by atoms with Crippen LogP contribution in [0.15, 0.2) is 22.7 Å². The van der Waals surface area contributed by atoms with Gasteiger partial charge in [0.1, 0.15) is 0 Å². The zero-order valence-electron chi connectivity index (χ0n) is 10.2. The van der Waals surface area contributed by atoms with Gasteiger partial charge in [-0.2, -0.15) is 0 Å². The zero-order chi connectivity index (χ0) is 12.3. The van der Waals surface area contributed by atoms with Gasteiger partial charge >= 0.3 is 0 Å². The molecule has 0 aliphatic carbocycles. The number of halogens is 1. The second-order valence-corrected chi connectivity index (χ2v) is 4.94. The fourth-order valence-electron chi connectivity index (χ4n) is 1.50. The van der Waals surface area contributed by atoms with Gasteiger partial charge in [-0.3, -0.25) is 4.79 Å². The molecule has 0 aliphatic rings. The maximum atomic E-state index is 12.2. The Balaban J connectivity index is 3.01. The molecule has 0 aromatic heterocycles. The van der Waals surface area contributed by atoms with Gasteiger partial charge in [-0.1, -0.05) is 28.9 Å². The smallest absolute Gasteiger partial charge is 0.254 e. The molecule has 1 aromatic carbocycles. The molecule has 0 saturated carbocycles. The van der Waals surface area contributed by atoms with Crippen molar-refractivity contribution in [3.63, 3.8) is 0 Å². The maximum Gasteiger partial charge on any atom is 0.254 e. The summed E-state index contributed by atoms with van der Waals surface area (Å²) in [6.07, 6.45) is 0.968. The van der Waals surface area contributed by atoms with Crippen molar-refractivity contribution in [3.8, 4) is 0 Å². The predicted octanol–water partition coefficient (Wildman–Crippen LogP) is 3.63.